The molecule has 0 aliphatic carbocycles. The van der Waals surface area contributed by atoms with Crippen molar-refractivity contribution >= 4 is 45.9 Å². The summed E-state index contributed by atoms with van der Waals surface area (Å²) in [5.74, 6) is 0.897. The second kappa shape index (κ2) is 9.60. The number of aromatic nitrogens is 4. The van der Waals surface area contributed by atoms with E-state index in [0.717, 1.165) is 56.0 Å². The molecule has 5 rings (SSSR count). The molecule has 0 radical (unpaired) electrons. The Balaban J connectivity index is 1.63. The van der Waals surface area contributed by atoms with E-state index in [-0.39, 0.29) is 0 Å². The van der Waals surface area contributed by atoms with Gasteiger partial charge >= 0.3 is 6.09 Å². The minimum atomic E-state index is -0.608. The van der Waals surface area contributed by atoms with Gasteiger partial charge in [0.1, 0.15) is 16.4 Å². The predicted molar refractivity (Wildman–Crippen MR) is 141 cm³/mol. The van der Waals surface area contributed by atoms with Gasteiger partial charge in [-0.3, -0.25) is 4.57 Å². The number of morpholine rings is 1. The summed E-state index contributed by atoms with van der Waals surface area (Å²) in [6, 6.07) is 11.9. The van der Waals surface area contributed by atoms with Crippen molar-refractivity contribution in [2.75, 3.05) is 37.5 Å². The molecule has 0 unspecified atom stereocenters. The van der Waals surface area contributed by atoms with Crippen LogP contribution in [0.1, 0.15) is 20.8 Å². The number of thioether (sulfide) groups is 1. The van der Waals surface area contributed by atoms with Gasteiger partial charge < -0.3 is 14.4 Å². The van der Waals surface area contributed by atoms with E-state index in [1.54, 1.807) is 27.7 Å². The maximum Gasteiger partial charge on any atom is 0.419 e. The molecule has 0 amide bonds. The molecule has 4 heterocycles. The molecule has 0 N–H and O–H groups in total. The van der Waals surface area contributed by atoms with E-state index in [9.17, 15) is 4.79 Å². The first-order valence-electron chi connectivity index (χ1n) is 11.4. The van der Waals surface area contributed by atoms with Crippen LogP contribution < -0.4 is 4.90 Å². The van der Waals surface area contributed by atoms with Gasteiger partial charge in [-0.05, 0) is 57.4 Å². The van der Waals surface area contributed by atoms with Crippen molar-refractivity contribution in [1.29, 1.82) is 0 Å². The van der Waals surface area contributed by atoms with Crippen LogP contribution in [0.4, 0.5) is 10.6 Å². The Morgan fingerprint density at radius 3 is 2.66 bits per heavy atom. The number of anilines is 1. The van der Waals surface area contributed by atoms with Crippen LogP contribution in [0.25, 0.3) is 32.7 Å². The Kier molecular flexibility index (Phi) is 6.52. The van der Waals surface area contributed by atoms with Gasteiger partial charge in [-0.25, -0.2) is 9.78 Å². The van der Waals surface area contributed by atoms with Gasteiger partial charge in [0.05, 0.1) is 24.4 Å². The highest BCUT2D eigenvalue weighted by Crippen LogP contribution is 2.36. The van der Waals surface area contributed by atoms with Crippen LogP contribution in [-0.4, -0.2) is 64.0 Å². The molecule has 35 heavy (non-hydrogen) atoms. The number of fused-ring (bicyclic) bond motifs is 1. The maximum absolute atomic E-state index is 13.1. The lowest BCUT2D eigenvalue weighted by Gasteiger charge is -2.28. The molecular formula is C25H27N5O3S2. The number of carbonyl (C=O) groups is 1. The minimum Gasteiger partial charge on any atom is -0.443 e. The molecule has 1 fully saturated rings. The van der Waals surface area contributed by atoms with Gasteiger partial charge in [-0.1, -0.05) is 29.2 Å². The van der Waals surface area contributed by atoms with Gasteiger partial charge in [0, 0.05) is 35.8 Å². The zero-order chi connectivity index (χ0) is 24.6. The smallest absolute Gasteiger partial charge is 0.419 e. The average Bonchev–Trinajstić information content (AvgIpc) is 3.48. The summed E-state index contributed by atoms with van der Waals surface area (Å²) in [7, 11) is 0. The second-order valence-corrected chi connectivity index (χ2v) is 11.2. The van der Waals surface area contributed by atoms with Crippen LogP contribution in [0.2, 0.25) is 0 Å². The molecule has 8 nitrogen and oxygen atoms in total. The molecule has 1 aromatic carbocycles. The SMILES string of the molecule is CSc1nnc(-c2ccc3c(c2)c(-c2cccc(N4CCOCC4)n2)cn3C(=O)OC(C)(C)C)s1. The lowest BCUT2D eigenvalue weighted by Crippen LogP contribution is -2.36. The number of pyridine rings is 1. The van der Waals surface area contributed by atoms with E-state index < -0.39 is 11.7 Å². The van der Waals surface area contributed by atoms with Gasteiger partial charge in [0.2, 0.25) is 0 Å². The van der Waals surface area contributed by atoms with E-state index in [0.29, 0.717) is 13.2 Å². The lowest BCUT2D eigenvalue weighted by molar-refractivity contribution is 0.0544. The number of nitrogens with zero attached hydrogens (tertiary/aromatic N) is 5. The van der Waals surface area contributed by atoms with Crippen LogP contribution in [0, 0.1) is 0 Å². The minimum absolute atomic E-state index is 0.425. The normalized spacial score (nSPS) is 14.5. The molecule has 0 bridgehead atoms. The third-order valence-corrected chi connectivity index (χ3v) is 7.52. The van der Waals surface area contributed by atoms with E-state index in [4.69, 9.17) is 14.5 Å². The molecule has 0 atom stereocenters. The van der Waals surface area contributed by atoms with Crippen molar-refractivity contribution in [2.24, 2.45) is 0 Å². The molecule has 0 spiro atoms. The molecule has 1 saturated heterocycles. The van der Waals surface area contributed by atoms with E-state index in [1.165, 1.54) is 0 Å². The largest absolute Gasteiger partial charge is 0.443 e. The topological polar surface area (TPSA) is 82.4 Å². The van der Waals surface area contributed by atoms with Gasteiger partial charge in [0.15, 0.2) is 4.34 Å². The first kappa shape index (κ1) is 23.8. The highest BCUT2D eigenvalue weighted by Gasteiger charge is 2.23. The first-order chi connectivity index (χ1) is 16.8. The molecule has 4 aromatic rings. The molecule has 10 heteroatoms. The molecule has 1 aliphatic heterocycles. The summed E-state index contributed by atoms with van der Waals surface area (Å²) in [6.45, 7) is 8.57. The first-order valence-corrected chi connectivity index (χ1v) is 13.4. The number of hydrogen-bond donors (Lipinski definition) is 0. The highest BCUT2D eigenvalue weighted by atomic mass is 32.2. The van der Waals surface area contributed by atoms with Crippen molar-refractivity contribution in [1.82, 2.24) is 19.7 Å². The summed E-state index contributed by atoms with van der Waals surface area (Å²) in [6.07, 6.45) is 3.38. The number of hydrogen-bond acceptors (Lipinski definition) is 9. The number of ether oxygens (including phenoxy) is 2. The molecular weight excluding hydrogens is 482 g/mol. The van der Waals surface area contributed by atoms with Crippen molar-refractivity contribution in [3.8, 4) is 21.8 Å². The van der Waals surface area contributed by atoms with E-state index in [2.05, 4.69) is 21.2 Å². The summed E-state index contributed by atoms with van der Waals surface area (Å²) >= 11 is 3.12. The van der Waals surface area contributed by atoms with Crippen molar-refractivity contribution in [2.45, 2.75) is 30.7 Å². The third-order valence-electron chi connectivity index (χ3n) is 5.57. The average molecular weight is 510 g/mol. The number of rotatable bonds is 4. The fourth-order valence-corrected chi connectivity index (χ4v) is 5.25. The third kappa shape index (κ3) is 5.05. The molecule has 1 aliphatic rings. The van der Waals surface area contributed by atoms with E-state index in [1.807, 2.05) is 63.6 Å². The Bertz CT molecular complexity index is 1370. The lowest BCUT2D eigenvalue weighted by atomic mass is 10.1. The van der Waals surface area contributed by atoms with Crippen molar-refractivity contribution in [3.63, 3.8) is 0 Å². The number of benzene rings is 1. The second-order valence-electron chi connectivity index (χ2n) is 9.18. The Morgan fingerprint density at radius 2 is 1.94 bits per heavy atom. The molecule has 3 aromatic heterocycles. The summed E-state index contributed by atoms with van der Waals surface area (Å²) < 4.78 is 13.7. The quantitative estimate of drug-likeness (QED) is 0.331. The van der Waals surface area contributed by atoms with Crippen LogP contribution >= 0.6 is 23.1 Å². The van der Waals surface area contributed by atoms with E-state index >= 15 is 0 Å². The zero-order valence-electron chi connectivity index (χ0n) is 20.1. The molecule has 0 saturated carbocycles. The summed E-state index contributed by atoms with van der Waals surface area (Å²) in [5.41, 5.74) is 2.75. The van der Waals surface area contributed by atoms with Crippen molar-refractivity contribution in [3.05, 3.63) is 42.6 Å². The summed E-state index contributed by atoms with van der Waals surface area (Å²) in [4.78, 5) is 20.3. The maximum atomic E-state index is 13.1. The number of carbonyl (C=O) groups excluding carboxylic acids is 1. The fourth-order valence-electron chi connectivity index (χ4n) is 3.98. The van der Waals surface area contributed by atoms with Gasteiger partial charge in [0.25, 0.3) is 0 Å². The van der Waals surface area contributed by atoms with Crippen LogP contribution in [0.15, 0.2) is 46.9 Å². The van der Waals surface area contributed by atoms with Crippen LogP contribution in [0.5, 0.6) is 0 Å². The monoisotopic (exact) mass is 509 g/mol. The van der Waals surface area contributed by atoms with Crippen molar-refractivity contribution < 1.29 is 14.3 Å². The van der Waals surface area contributed by atoms with Gasteiger partial charge in [-0.15, -0.1) is 10.2 Å². The predicted octanol–water partition coefficient (Wildman–Crippen LogP) is 5.56. The fraction of sp³-hybridized carbons (Fsp3) is 0.360. The Labute approximate surface area is 212 Å². The highest BCUT2D eigenvalue weighted by molar-refractivity contribution is 8.00. The van der Waals surface area contributed by atoms with Crippen LogP contribution in [-0.2, 0) is 9.47 Å². The van der Waals surface area contributed by atoms with Crippen LogP contribution in [0.3, 0.4) is 0 Å². The van der Waals surface area contributed by atoms with Gasteiger partial charge in [-0.2, -0.15) is 0 Å². The summed E-state index contributed by atoms with van der Waals surface area (Å²) in [5, 5.41) is 10.3. The Morgan fingerprint density at radius 1 is 1.14 bits per heavy atom. The zero-order valence-corrected chi connectivity index (χ0v) is 21.8. The molecule has 182 valence electrons. The standard InChI is InChI=1S/C25H27N5O3S2/c1-25(2,3)33-24(31)30-15-18(19-6-5-7-21(26-19)29-10-12-32-13-11-29)17-14-16(8-9-20(17)30)22-27-28-23(34-4)35-22/h5-9,14-15H,10-13H2,1-4H3. The Hall–Kier alpha value is -2.95.